The van der Waals surface area contributed by atoms with E-state index in [1.807, 2.05) is 47.1 Å². The zero-order valence-electron chi connectivity index (χ0n) is 19.8. The van der Waals surface area contributed by atoms with Crippen LogP contribution in [0.5, 0.6) is 0 Å². The third-order valence-corrected chi connectivity index (χ3v) is 7.09. The standard InChI is InChI=1S/C29H29ClN2O3/c1-34-29(33)22-13-11-20(12-14-22)19-35-28(21-7-3-2-4-8-21)27-25-9-5-6-10-26(25)31-32(27)24-17-15-23(30)16-18-24/h5-6,9-18,21,28H,2-4,7-8,19H2,1H3. The van der Waals surface area contributed by atoms with Gasteiger partial charge in [0.05, 0.1) is 36.2 Å². The lowest BCUT2D eigenvalue weighted by Gasteiger charge is -2.31. The molecule has 6 heteroatoms. The van der Waals surface area contributed by atoms with Gasteiger partial charge in [0.25, 0.3) is 0 Å². The van der Waals surface area contributed by atoms with Crippen LogP contribution in [0.15, 0.2) is 72.8 Å². The number of nitrogens with zero attached hydrogens (tertiary/aromatic N) is 2. The Morgan fingerprint density at radius 3 is 2.43 bits per heavy atom. The first-order chi connectivity index (χ1) is 17.1. The third kappa shape index (κ3) is 5.12. The van der Waals surface area contributed by atoms with Gasteiger partial charge in [-0.2, -0.15) is 5.10 Å². The minimum atomic E-state index is -0.337. The van der Waals surface area contributed by atoms with Gasteiger partial charge in [0.15, 0.2) is 0 Å². The van der Waals surface area contributed by atoms with Gasteiger partial charge in [0.1, 0.15) is 6.10 Å². The lowest BCUT2D eigenvalue weighted by Crippen LogP contribution is -2.22. The molecule has 1 aliphatic rings. The summed E-state index contributed by atoms with van der Waals surface area (Å²) in [7, 11) is 1.39. The topological polar surface area (TPSA) is 53.4 Å². The molecule has 1 aromatic heterocycles. The molecule has 180 valence electrons. The van der Waals surface area contributed by atoms with Crippen molar-refractivity contribution in [1.29, 1.82) is 0 Å². The zero-order valence-corrected chi connectivity index (χ0v) is 20.6. The average Bonchev–Trinajstić information content (AvgIpc) is 3.29. The van der Waals surface area contributed by atoms with Crippen molar-refractivity contribution in [1.82, 2.24) is 9.78 Å². The number of methoxy groups -OCH3 is 1. The monoisotopic (exact) mass is 488 g/mol. The van der Waals surface area contributed by atoms with Gasteiger partial charge in [-0.05, 0) is 66.8 Å². The van der Waals surface area contributed by atoms with Crippen molar-refractivity contribution >= 4 is 28.5 Å². The van der Waals surface area contributed by atoms with Gasteiger partial charge in [-0.3, -0.25) is 0 Å². The predicted octanol–water partition coefficient (Wildman–Crippen LogP) is 7.30. The summed E-state index contributed by atoms with van der Waals surface area (Å²) in [4.78, 5) is 11.8. The van der Waals surface area contributed by atoms with Crippen molar-refractivity contribution in [3.05, 3.63) is 94.6 Å². The maximum absolute atomic E-state index is 11.8. The Kier molecular flexibility index (Phi) is 7.16. The molecule has 1 fully saturated rings. The fraction of sp³-hybridized carbons (Fsp3) is 0.310. The minimum Gasteiger partial charge on any atom is -0.465 e. The van der Waals surface area contributed by atoms with Crippen LogP contribution >= 0.6 is 11.6 Å². The third-order valence-electron chi connectivity index (χ3n) is 6.84. The Labute approximate surface area is 210 Å². The fourth-order valence-electron chi connectivity index (χ4n) is 5.02. The van der Waals surface area contributed by atoms with E-state index < -0.39 is 0 Å². The predicted molar refractivity (Wildman–Crippen MR) is 138 cm³/mol. The summed E-state index contributed by atoms with van der Waals surface area (Å²) < 4.78 is 13.6. The van der Waals surface area contributed by atoms with Gasteiger partial charge < -0.3 is 9.47 Å². The second-order valence-electron chi connectivity index (χ2n) is 9.11. The van der Waals surface area contributed by atoms with Gasteiger partial charge >= 0.3 is 5.97 Å². The van der Waals surface area contributed by atoms with Crippen LogP contribution < -0.4 is 0 Å². The van der Waals surface area contributed by atoms with Gasteiger partial charge in [-0.25, -0.2) is 9.48 Å². The molecule has 1 aliphatic carbocycles. The number of hydrogen-bond donors (Lipinski definition) is 0. The summed E-state index contributed by atoms with van der Waals surface area (Å²) in [5, 5.41) is 6.77. The van der Waals surface area contributed by atoms with E-state index in [1.54, 1.807) is 12.1 Å². The van der Waals surface area contributed by atoms with Crippen LogP contribution in [0.4, 0.5) is 0 Å². The average molecular weight is 489 g/mol. The minimum absolute atomic E-state index is 0.112. The molecule has 5 nitrogen and oxygen atoms in total. The second-order valence-corrected chi connectivity index (χ2v) is 9.55. The van der Waals surface area contributed by atoms with Gasteiger partial charge in [0, 0.05) is 10.4 Å². The van der Waals surface area contributed by atoms with Crippen LogP contribution in [-0.2, 0) is 16.1 Å². The molecule has 3 aromatic carbocycles. The van der Waals surface area contributed by atoms with E-state index >= 15 is 0 Å². The molecule has 0 spiro atoms. The van der Waals surface area contributed by atoms with E-state index in [-0.39, 0.29) is 12.1 Å². The van der Waals surface area contributed by atoms with Crippen molar-refractivity contribution < 1.29 is 14.3 Å². The van der Waals surface area contributed by atoms with Crippen molar-refractivity contribution in [2.75, 3.05) is 7.11 Å². The van der Waals surface area contributed by atoms with Crippen molar-refractivity contribution in [2.45, 2.75) is 44.8 Å². The number of ether oxygens (including phenoxy) is 2. The smallest absolute Gasteiger partial charge is 0.337 e. The molecule has 5 rings (SSSR count). The molecule has 0 amide bonds. The Bertz CT molecular complexity index is 1290. The summed E-state index contributed by atoms with van der Waals surface area (Å²) in [6.07, 6.45) is 5.85. The Morgan fingerprint density at radius 1 is 1.00 bits per heavy atom. The molecule has 0 saturated heterocycles. The molecular weight excluding hydrogens is 460 g/mol. The lowest BCUT2D eigenvalue weighted by molar-refractivity contribution is -0.0155. The Hall–Kier alpha value is -3.15. The summed E-state index contributed by atoms with van der Waals surface area (Å²) in [5.41, 5.74) is 4.55. The molecule has 1 heterocycles. The first kappa shape index (κ1) is 23.6. The maximum Gasteiger partial charge on any atom is 0.337 e. The highest BCUT2D eigenvalue weighted by Gasteiger charge is 2.31. The molecule has 1 atom stereocenters. The molecule has 4 aromatic rings. The van der Waals surface area contributed by atoms with E-state index in [9.17, 15) is 4.79 Å². The molecule has 0 N–H and O–H groups in total. The Balaban J connectivity index is 1.53. The fourth-order valence-corrected chi connectivity index (χ4v) is 5.15. The second kappa shape index (κ2) is 10.6. The zero-order chi connectivity index (χ0) is 24.2. The SMILES string of the molecule is COC(=O)c1ccc(COC(c2c3ccccc3nn2-c2ccc(Cl)cc2)C2CCCCC2)cc1. The van der Waals surface area contributed by atoms with Crippen molar-refractivity contribution in [3.63, 3.8) is 0 Å². The molecule has 0 aliphatic heterocycles. The molecule has 0 bridgehead atoms. The lowest BCUT2D eigenvalue weighted by atomic mass is 9.83. The van der Waals surface area contributed by atoms with Crippen LogP contribution in [0, 0.1) is 5.92 Å². The summed E-state index contributed by atoms with van der Waals surface area (Å²) in [5.74, 6) is 0.0696. The molecule has 35 heavy (non-hydrogen) atoms. The van der Waals surface area contributed by atoms with Crippen LogP contribution in [0.3, 0.4) is 0 Å². The number of aromatic nitrogens is 2. The van der Waals surface area contributed by atoms with Crippen LogP contribution in [0.25, 0.3) is 16.6 Å². The number of esters is 1. The quantitative estimate of drug-likeness (QED) is 0.256. The number of hydrogen-bond acceptors (Lipinski definition) is 4. The summed E-state index contributed by atoms with van der Waals surface area (Å²) in [6.45, 7) is 0.447. The number of benzene rings is 3. The van der Waals surface area contributed by atoms with Gasteiger partial charge in [-0.1, -0.05) is 61.2 Å². The van der Waals surface area contributed by atoms with Crippen LogP contribution in [0.2, 0.25) is 5.02 Å². The van der Waals surface area contributed by atoms with E-state index in [2.05, 4.69) is 18.2 Å². The van der Waals surface area contributed by atoms with E-state index in [0.717, 1.165) is 40.7 Å². The number of halogens is 1. The molecule has 0 radical (unpaired) electrons. The van der Waals surface area contributed by atoms with Crippen LogP contribution in [-0.4, -0.2) is 22.9 Å². The molecule has 1 saturated carbocycles. The van der Waals surface area contributed by atoms with Gasteiger partial charge in [0.2, 0.25) is 0 Å². The summed E-state index contributed by atoms with van der Waals surface area (Å²) in [6, 6.07) is 23.5. The van der Waals surface area contributed by atoms with Crippen molar-refractivity contribution in [3.8, 4) is 5.69 Å². The van der Waals surface area contributed by atoms with E-state index in [4.69, 9.17) is 26.2 Å². The van der Waals surface area contributed by atoms with Crippen molar-refractivity contribution in [2.24, 2.45) is 5.92 Å². The van der Waals surface area contributed by atoms with Gasteiger partial charge in [-0.15, -0.1) is 0 Å². The molecule has 1 unspecified atom stereocenters. The molecular formula is C29H29ClN2O3. The number of carbonyl (C=O) groups is 1. The van der Waals surface area contributed by atoms with Crippen LogP contribution in [0.1, 0.15) is 59.8 Å². The first-order valence-electron chi connectivity index (χ1n) is 12.2. The maximum atomic E-state index is 11.8. The highest BCUT2D eigenvalue weighted by Crippen LogP contribution is 2.41. The number of fused-ring (bicyclic) bond motifs is 1. The number of rotatable bonds is 7. The Morgan fingerprint density at radius 2 is 1.71 bits per heavy atom. The normalized spacial score (nSPS) is 15.3. The first-order valence-corrected chi connectivity index (χ1v) is 12.5. The number of carbonyl (C=O) groups excluding carboxylic acids is 1. The highest BCUT2D eigenvalue weighted by molar-refractivity contribution is 6.30. The van der Waals surface area contributed by atoms with E-state index in [0.29, 0.717) is 23.1 Å². The summed E-state index contributed by atoms with van der Waals surface area (Å²) >= 11 is 6.18. The van der Waals surface area contributed by atoms with E-state index in [1.165, 1.54) is 26.4 Å². The largest absolute Gasteiger partial charge is 0.465 e. The highest BCUT2D eigenvalue weighted by atomic mass is 35.5.